The number of halogens is 2. The first-order valence-corrected chi connectivity index (χ1v) is 4.65. The van der Waals surface area contributed by atoms with E-state index in [4.69, 9.17) is 11.5 Å². The van der Waals surface area contributed by atoms with Crippen LogP contribution in [0, 0.1) is 0 Å². The zero-order chi connectivity index (χ0) is 9.30. The predicted octanol–water partition coefficient (Wildman–Crippen LogP) is 1.89. The van der Waals surface area contributed by atoms with E-state index in [1.54, 1.807) is 12.1 Å². The molecule has 0 atom stereocenters. The van der Waals surface area contributed by atoms with Crippen molar-refractivity contribution in [2.45, 2.75) is 0 Å². The summed E-state index contributed by atoms with van der Waals surface area (Å²) in [5.41, 5.74) is 11.7. The molecule has 0 saturated heterocycles. The number of nitrogens with two attached hydrogens (primary N) is 2. The summed E-state index contributed by atoms with van der Waals surface area (Å²) >= 11 is 6.40. The minimum absolute atomic E-state index is 0.419. The van der Waals surface area contributed by atoms with Crippen molar-refractivity contribution in [3.63, 3.8) is 0 Å². The lowest BCUT2D eigenvalue weighted by molar-refractivity contribution is 0.1000. The summed E-state index contributed by atoms with van der Waals surface area (Å²) in [6.45, 7) is 0. The molecule has 0 aliphatic heterocycles. The Kier molecular flexibility index (Phi) is 2.74. The molecule has 64 valence electrons. The van der Waals surface area contributed by atoms with E-state index in [1.165, 1.54) is 0 Å². The second-order valence-electron chi connectivity index (χ2n) is 2.22. The van der Waals surface area contributed by atoms with Crippen molar-refractivity contribution in [1.29, 1.82) is 0 Å². The molecule has 3 nitrogen and oxygen atoms in total. The third kappa shape index (κ3) is 1.78. The highest BCUT2D eigenvalue weighted by Gasteiger charge is 2.06. The molecule has 0 bridgehead atoms. The molecule has 0 spiro atoms. The lowest BCUT2D eigenvalue weighted by Crippen LogP contribution is -2.11. The van der Waals surface area contributed by atoms with Crippen LogP contribution in [0.3, 0.4) is 0 Å². The SMILES string of the molecule is NC(=O)c1cc(Br)c(N)c(Br)c1. The van der Waals surface area contributed by atoms with Crippen LogP contribution in [-0.2, 0) is 0 Å². The van der Waals surface area contributed by atoms with E-state index in [1.807, 2.05) is 0 Å². The summed E-state index contributed by atoms with van der Waals surface area (Å²) in [5.74, 6) is -0.476. The molecule has 4 N–H and O–H groups in total. The van der Waals surface area contributed by atoms with Crippen molar-refractivity contribution >= 4 is 43.5 Å². The molecule has 1 aromatic rings. The highest BCUT2D eigenvalue weighted by Crippen LogP contribution is 2.29. The van der Waals surface area contributed by atoms with E-state index in [0.717, 1.165) is 0 Å². The third-order valence-electron chi connectivity index (χ3n) is 1.36. The summed E-state index contributed by atoms with van der Waals surface area (Å²) in [6, 6.07) is 3.17. The van der Waals surface area contributed by atoms with Crippen molar-refractivity contribution in [1.82, 2.24) is 0 Å². The van der Waals surface area contributed by atoms with Gasteiger partial charge in [0.2, 0.25) is 5.91 Å². The standard InChI is InChI=1S/C7H6Br2N2O/c8-4-1-3(7(11)12)2-5(9)6(4)10/h1-2H,10H2,(H2,11,12). The Morgan fingerprint density at radius 2 is 1.67 bits per heavy atom. The Balaban J connectivity index is 3.31. The Labute approximate surface area is 86.4 Å². The van der Waals surface area contributed by atoms with Gasteiger partial charge in [0.1, 0.15) is 0 Å². The van der Waals surface area contributed by atoms with Crippen LogP contribution in [-0.4, -0.2) is 5.91 Å². The monoisotopic (exact) mass is 292 g/mol. The van der Waals surface area contributed by atoms with Crippen molar-refractivity contribution in [2.24, 2.45) is 5.73 Å². The molecule has 0 aliphatic rings. The van der Waals surface area contributed by atoms with Crippen molar-refractivity contribution < 1.29 is 4.79 Å². The first-order valence-electron chi connectivity index (χ1n) is 3.06. The summed E-state index contributed by atoms with van der Waals surface area (Å²) in [6.07, 6.45) is 0. The Bertz CT molecular complexity index is 315. The van der Waals surface area contributed by atoms with Crippen LogP contribution >= 0.6 is 31.9 Å². The number of hydrogen-bond acceptors (Lipinski definition) is 2. The maximum atomic E-state index is 10.8. The topological polar surface area (TPSA) is 69.1 Å². The van der Waals surface area contributed by atoms with Crippen molar-refractivity contribution in [3.05, 3.63) is 26.6 Å². The molecule has 1 aromatic carbocycles. The van der Waals surface area contributed by atoms with Crippen LogP contribution in [0.1, 0.15) is 10.4 Å². The Hall–Kier alpha value is -0.550. The normalized spacial score (nSPS) is 9.83. The minimum atomic E-state index is -0.476. The molecule has 0 radical (unpaired) electrons. The average molecular weight is 294 g/mol. The number of amides is 1. The molecule has 0 saturated carbocycles. The maximum absolute atomic E-state index is 10.8. The lowest BCUT2D eigenvalue weighted by atomic mass is 10.2. The van der Waals surface area contributed by atoms with Crippen molar-refractivity contribution in [2.75, 3.05) is 5.73 Å². The van der Waals surface area contributed by atoms with Gasteiger partial charge in [0.25, 0.3) is 0 Å². The quantitative estimate of drug-likeness (QED) is 0.777. The van der Waals surface area contributed by atoms with Gasteiger partial charge in [-0.05, 0) is 44.0 Å². The number of rotatable bonds is 1. The van der Waals surface area contributed by atoms with E-state index in [0.29, 0.717) is 20.2 Å². The van der Waals surface area contributed by atoms with E-state index in [-0.39, 0.29) is 0 Å². The summed E-state index contributed by atoms with van der Waals surface area (Å²) in [7, 11) is 0. The maximum Gasteiger partial charge on any atom is 0.248 e. The molecule has 0 aliphatic carbocycles. The van der Waals surface area contributed by atoms with Gasteiger partial charge in [-0.25, -0.2) is 0 Å². The number of benzene rings is 1. The molecule has 12 heavy (non-hydrogen) atoms. The smallest absolute Gasteiger partial charge is 0.248 e. The second kappa shape index (κ2) is 3.45. The molecule has 5 heteroatoms. The molecular weight excluding hydrogens is 288 g/mol. The van der Waals surface area contributed by atoms with Crippen LogP contribution in [0.5, 0.6) is 0 Å². The fraction of sp³-hybridized carbons (Fsp3) is 0. The molecule has 1 rings (SSSR count). The number of carbonyl (C=O) groups is 1. The molecule has 1 amide bonds. The second-order valence-corrected chi connectivity index (χ2v) is 3.93. The third-order valence-corrected chi connectivity index (χ3v) is 2.68. The summed E-state index contributed by atoms with van der Waals surface area (Å²) in [4.78, 5) is 10.8. The van der Waals surface area contributed by atoms with Gasteiger partial charge in [-0.1, -0.05) is 0 Å². The van der Waals surface area contributed by atoms with Gasteiger partial charge in [-0.15, -0.1) is 0 Å². The number of carbonyl (C=O) groups excluding carboxylic acids is 1. The Morgan fingerprint density at radius 1 is 1.25 bits per heavy atom. The number of primary amides is 1. The number of nitrogen functional groups attached to an aromatic ring is 1. The van der Waals surface area contributed by atoms with Crippen LogP contribution in [0.15, 0.2) is 21.1 Å². The highest BCUT2D eigenvalue weighted by atomic mass is 79.9. The molecule has 0 aromatic heterocycles. The van der Waals surface area contributed by atoms with Gasteiger partial charge in [0, 0.05) is 14.5 Å². The van der Waals surface area contributed by atoms with E-state index in [2.05, 4.69) is 31.9 Å². The molecular formula is C7H6Br2N2O. The fourth-order valence-electron chi connectivity index (χ4n) is 0.727. The van der Waals surface area contributed by atoms with Gasteiger partial charge in [0.15, 0.2) is 0 Å². The predicted molar refractivity (Wildman–Crippen MR) is 54.8 cm³/mol. The first-order chi connectivity index (χ1) is 5.52. The number of hydrogen-bond donors (Lipinski definition) is 2. The van der Waals surface area contributed by atoms with Gasteiger partial charge in [0.05, 0.1) is 5.69 Å². The average Bonchev–Trinajstić information content (AvgIpc) is 1.99. The van der Waals surface area contributed by atoms with E-state index in [9.17, 15) is 4.79 Å². The van der Waals surface area contributed by atoms with Gasteiger partial charge >= 0.3 is 0 Å². The largest absolute Gasteiger partial charge is 0.397 e. The Morgan fingerprint density at radius 3 is 2.00 bits per heavy atom. The highest BCUT2D eigenvalue weighted by molar-refractivity contribution is 9.11. The van der Waals surface area contributed by atoms with Gasteiger partial charge in [-0.3, -0.25) is 4.79 Å². The van der Waals surface area contributed by atoms with E-state index < -0.39 is 5.91 Å². The molecule has 0 fully saturated rings. The van der Waals surface area contributed by atoms with Crippen molar-refractivity contribution in [3.8, 4) is 0 Å². The first kappa shape index (κ1) is 9.54. The van der Waals surface area contributed by atoms with Crippen LogP contribution in [0.4, 0.5) is 5.69 Å². The zero-order valence-electron chi connectivity index (χ0n) is 5.97. The van der Waals surface area contributed by atoms with Crippen LogP contribution in [0.2, 0.25) is 0 Å². The summed E-state index contributed by atoms with van der Waals surface area (Å²) < 4.78 is 1.32. The van der Waals surface area contributed by atoms with Gasteiger partial charge < -0.3 is 11.5 Å². The minimum Gasteiger partial charge on any atom is -0.397 e. The fourth-order valence-corrected chi connectivity index (χ4v) is 1.91. The molecule has 0 heterocycles. The zero-order valence-corrected chi connectivity index (χ0v) is 9.15. The lowest BCUT2D eigenvalue weighted by Gasteiger charge is -2.03. The summed E-state index contributed by atoms with van der Waals surface area (Å²) in [5, 5.41) is 0. The van der Waals surface area contributed by atoms with Crippen LogP contribution < -0.4 is 11.5 Å². The van der Waals surface area contributed by atoms with Crippen LogP contribution in [0.25, 0.3) is 0 Å². The van der Waals surface area contributed by atoms with Gasteiger partial charge in [-0.2, -0.15) is 0 Å². The van der Waals surface area contributed by atoms with E-state index >= 15 is 0 Å². The number of anilines is 1. The molecule has 0 unspecified atom stereocenters.